The molecule has 2 aliphatic rings. The highest BCUT2D eigenvalue weighted by Gasteiger charge is 2.31. The first-order valence-corrected chi connectivity index (χ1v) is 8.85. The zero-order chi connectivity index (χ0) is 15.5. The molecule has 0 spiro atoms. The number of nitrogens with one attached hydrogen (secondary N) is 1. The molecule has 1 saturated carbocycles. The van der Waals surface area contributed by atoms with Gasteiger partial charge in [-0.3, -0.25) is 9.69 Å². The first kappa shape index (κ1) is 16.1. The molecule has 1 aliphatic heterocycles. The first-order chi connectivity index (χ1) is 10.6. The minimum absolute atomic E-state index is 0.0153. The van der Waals surface area contributed by atoms with Crippen LogP contribution in [-0.2, 0) is 4.79 Å². The maximum absolute atomic E-state index is 12.2. The summed E-state index contributed by atoms with van der Waals surface area (Å²) >= 11 is 12.1. The Hall–Kier alpha value is -0.770. The van der Waals surface area contributed by atoms with Crippen molar-refractivity contribution in [2.75, 3.05) is 25.0 Å². The number of nitrogens with zero attached hydrogens (tertiary/aromatic N) is 1. The van der Waals surface area contributed by atoms with Crippen LogP contribution in [-0.4, -0.2) is 30.4 Å². The molecule has 2 fully saturated rings. The molecule has 1 aliphatic carbocycles. The number of piperidine rings is 1. The molecule has 0 radical (unpaired) electrons. The van der Waals surface area contributed by atoms with Gasteiger partial charge in [0.25, 0.3) is 0 Å². The maximum atomic E-state index is 12.2. The summed E-state index contributed by atoms with van der Waals surface area (Å²) in [5.41, 5.74) is 0.590. The van der Waals surface area contributed by atoms with Crippen molar-refractivity contribution in [1.82, 2.24) is 4.90 Å². The Bertz CT molecular complexity index is 549. The molecule has 1 saturated heterocycles. The average molecular weight is 341 g/mol. The molecule has 3 nitrogen and oxygen atoms in total. The molecule has 22 heavy (non-hydrogen) atoms. The third kappa shape index (κ3) is 3.76. The van der Waals surface area contributed by atoms with Gasteiger partial charge in [-0.05, 0) is 43.4 Å². The third-order valence-corrected chi connectivity index (χ3v) is 5.79. The maximum Gasteiger partial charge on any atom is 0.238 e. The molecular formula is C17H22Cl2N2O. The van der Waals surface area contributed by atoms with Crippen LogP contribution in [0.2, 0.25) is 10.0 Å². The smallest absolute Gasteiger partial charge is 0.238 e. The second-order valence-corrected chi connectivity index (χ2v) is 7.26. The number of halogens is 2. The summed E-state index contributed by atoms with van der Waals surface area (Å²) in [6.45, 7) is 2.52. The minimum Gasteiger partial charge on any atom is -0.324 e. The standard InChI is InChI=1S/C17H22Cl2N2O/c18-14-6-3-7-15(17(14)19)20-16(22)11-21-9-8-12-4-1-2-5-13(12)10-21/h3,6-7,12-13H,1-2,4-5,8-11H2,(H,20,22)/t12-,13-/m1/s1. The largest absolute Gasteiger partial charge is 0.324 e. The van der Waals surface area contributed by atoms with Gasteiger partial charge in [-0.2, -0.15) is 0 Å². The second-order valence-electron chi connectivity index (χ2n) is 6.48. The molecular weight excluding hydrogens is 319 g/mol. The number of fused-ring (bicyclic) bond motifs is 1. The van der Waals surface area contributed by atoms with E-state index in [0.717, 1.165) is 24.9 Å². The van der Waals surface area contributed by atoms with Crippen LogP contribution < -0.4 is 5.32 Å². The van der Waals surface area contributed by atoms with Gasteiger partial charge in [0.1, 0.15) is 0 Å². The molecule has 120 valence electrons. The van der Waals surface area contributed by atoms with E-state index in [9.17, 15) is 4.79 Å². The summed E-state index contributed by atoms with van der Waals surface area (Å²) in [6.07, 6.45) is 6.66. The van der Waals surface area contributed by atoms with Gasteiger partial charge in [0.2, 0.25) is 5.91 Å². The zero-order valence-electron chi connectivity index (χ0n) is 12.7. The Morgan fingerprint density at radius 1 is 1.18 bits per heavy atom. The summed E-state index contributed by atoms with van der Waals surface area (Å²) < 4.78 is 0. The number of rotatable bonds is 3. The zero-order valence-corrected chi connectivity index (χ0v) is 14.2. The van der Waals surface area contributed by atoms with Gasteiger partial charge in [-0.25, -0.2) is 0 Å². The van der Waals surface area contributed by atoms with Crippen molar-refractivity contribution in [2.24, 2.45) is 11.8 Å². The number of likely N-dealkylation sites (tertiary alicyclic amines) is 1. The fourth-order valence-electron chi connectivity index (χ4n) is 3.81. The van der Waals surface area contributed by atoms with Crippen molar-refractivity contribution >= 4 is 34.8 Å². The van der Waals surface area contributed by atoms with Crippen molar-refractivity contribution in [2.45, 2.75) is 32.1 Å². The van der Waals surface area contributed by atoms with Crippen LogP contribution in [0.15, 0.2) is 18.2 Å². The van der Waals surface area contributed by atoms with Crippen LogP contribution in [0.3, 0.4) is 0 Å². The lowest BCUT2D eigenvalue weighted by Gasteiger charge is -2.41. The number of hydrogen-bond donors (Lipinski definition) is 1. The van der Waals surface area contributed by atoms with Gasteiger partial charge >= 0.3 is 0 Å². The van der Waals surface area contributed by atoms with Crippen molar-refractivity contribution in [3.05, 3.63) is 28.2 Å². The van der Waals surface area contributed by atoms with Crippen molar-refractivity contribution in [3.8, 4) is 0 Å². The Morgan fingerprint density at radius 2 is 1.95 bits per heavy atom. The van der Waals surface area contributed by atoms with E-state index < -0.39 is 0 Å². The van der Waals surface area contributed by atoms with E-state index in [1.807, 2.05) is 0 Å². The van der Waals surface area contributed by atoms with E-state index >= 15 is 0 Å². The lowest BCUT2D eigenvalue weighted by atomic mass is 9.75. The van der Waals surface area contributed by atoms with Gasteiger partial charge in [0.05, 0.1) is 22.3 Å². The molecule has 5 heteroatoms. The fraction of sp³-hybridized carbons (Fsp3) is 0.588. The molecule has 0 bridgehead atoms. The van der Waals surface area contributed by atoms with E-state index in [-0.39, 0.29) is 5.91 Å². The van der Waals surface area contributed by atoms with Gasteiger partial charge < -0.3 is 5.32 Å². The minimum atomic E-state index is -0.0153. The average Bonchev–Trinajstić information content (AvgIpc) is 2.52. The summed E-state index contributed by atoms with van der Waals surface area (Å²) in [6, 6.07) is 5.28. The number of amides is 1. The van der Waals surface area contributed by atoms with Crippen LogP contribution >= 0.6 is 23.2 Å². The molecule has 1 aromatic rings. The van der Waals surface area contributed by atoms with E-state index in [4.69, 9.17) is 23.2 Å². The molecule has 0 aromatic heterocycles. The Morgan fingerprint density at radius 3 is 2.77 bits per heavy atom. The highest BCUT2D eigenvalue weighted by atomic mass is 35.5. The summed E-state index contributed by atoms with van der Waals surface area (Å²) in [7, 11) is 0. The number of hydrogen-bond acceptors (Lipinski definition) is 2. The van der Waals surface area contributed by atoms with Crippen LogP contribution in [0.25, 0.3) is 0 Å². The number of benzene rings is 1. The van der Waals surface area contributed by atoms with Crippen molar-refractivity contribution < 1.29 is 4.79 Å². The lowest BCUT2D eigenvalue weighted by molar-refractivity contribution is -0.118. The predicted molar refractivity (Wildman–Crippen MR) is 91.6 cm³/mol. The highest BCUT2D eigenvalue weighted by Crippen LogP contribution is 2.36. The molecule has 1 N–H and O–H groups in total. The Labute approximate surface area is 142 Å². The SMILES string of the molecule is O=C(CN1CC[C@H]2CCCC[C@@H]2C1)Nc1cccc(Cl)c1Cl. The van der Waals surface area contributed by atoms with Crippen molar-refractivity contribution in [3.63, 3.8) is 0 Å². The van der Waals surface area contributed by atoms with Crippen LogP contribution in [0, 0.1) is 11.8 Å². The highest BCUT2D eigenvalue weighted by molar-refractivity contribution is 6.43. The third-order valence-electron chi connectivity index (χ3n) is 4.97. The van der Waals surface area contributed by atoms with Crippen LogP contribution in [0.5, 0.6) is 0 Å². The fourth-order valence-corrected chi connectivity index (χ4v) is 4.16. The summed E-state index contributed by atoms with van der Waals surface area (Å²) in [4.78, 5) is 14.5. The van der Waals surface area contributed by atoms with Gasteiger partial charge in [0.15, 0.2) is 0 Å². The van der Waals surface area contributed by atoms with Crippen LogP contribution in [0.1, 0.15) is 32.1 Å². The molecule has 1 amide bonds. The Kier molecular flexibility index (Phi) is 5.27. The second kappa shape index (κ2) is 7.20. The summed E-state index contributed by atoms with van der Waals surface area (Å²) in [5, 5.41) is 3.74. The molecule has 1 aromatic carbocycles. The van der Waals surface area contributed by atoms with E-state index in [2.05, 4.69) is 10.2 Å². The lowest BCUT2D eigenvalue weighted by Crippen LogP contribution is -2.44. The van der Waals surface area contributed by atoms with E-state index in [0.29, 0.717) is 22.3 Å². The van der Waals surface area contributed by atoms with Crippen LogP contribution in [0.4, 0.5) is 5.69 Å². The van der Waals surface area contributed by atoms with Gasteiger partial charge in [-0.15, -0.1) is 0 Å². The van der Waals surface area contributed by atoms with Gasteiger partial charge in [0, 0.05) is 6.54 Å². The molecule has 0 unspecified atom stereocenters. The predicted octanol–water partition coefficient (Wildman–Crippen LogP) is 4.44. The first-order valence-electron chi connectivity index (χ1n) is 8.09. The topological polar surface area (TPSA) is 32.3 Å². The van der Waals surface area contributed by atoms with E-state index in [1.54, 1.807) is 18.2 Å². The van der Waals surface area contributed by atoms with Gasteiger partial charge in [-0.1, -0.05) is 48.5 Å². The normalized spacial score (nSPS) is 25.5. The molecule has 3 rings (SSSR count). The Balaban J connectivity index is 1.54. The van der Waals surface area contributed by atoms with E-state index in [1.165, 1.54) is 32.1 Å². The number of anilines is 1. The summed E-state index contributed by atoms with van der Waals surface area (Å²) in [5.74, 6) is 1.65. The van der Waals surface area contributed by atoms with Crippen molar-refractivity contribution in [1.29, 1.82) is 0 Å². The monoisotopic (exact) mass is 340 g/mol. The molecule has 1 heterocycles. The molecule has 2 atom stereocenters. The quantitative estimate of drug-likeness (QED) is 0.881. The number of carbonyl (C=O) groups is 1. The number of carbonyl (C=O) groups excluding carboxylic acids is 1.